The number of aromatic nitrogens is 1. The van der Waals surface area contributed by atoms with Crippen LogP contribution in [0.2, 0.25) is 0 Å². The summed E-state index contributed by atoms with van der Waals surface area (Å²) in [6.07, 6.45) is 38.9. The molecule has 0 unspecified atom stereocenters. The zero-order chi connectivity index (χ0) is 33.6. The summed E-state index contributed by atoms with van der Waals surface area (Å²) in [6, 6.07) is 4.16. The fraction of sp³-hybridized carbons (Fsp3) is 0.525. The lowest BCUT2D eigenvalue weighted by Crippen LogP contribution is -2.37. The lowest BCUT2D eigenvalue weighted by Gasteiger charge is -2.17. The molecule has 0 radical (unpaired) electrons. The van der Waals surface area contributed by atoms with Crippen molar-refractivity contribution in [2.75, 3.05) is 52.9 Å². The van der Waals surface area contributed by atoms with Crippen LogP contribution in [0, 0.1) is 0 Å². The van der Waals surface area contributed by atoms with E-state index < -0.39 is 0 Å². The standard InChI is InChI=1S/C40H61N5O2/c1-3-4-5-6-7-8-9-10-11-12-13-14-15-16-17-18-19-24-39(46)41-29-34-44(2)35-30-42-40(47)25-22-23-37-26-27-38(43-36-37)28-33-45-31-20-21-32-45/h4-5,7-8,10-11,13-14,16-17,22-23,26-27,36H,3,6,9,12,15,18-21,24-25,28-35H2,1-2H3,(H,41,46)(H,42,47)/b5-4?,8-7?,11-10?,14-13?,17-16?,23-22+. The molecule has 0 bridgehead atoms. The Kier molecular flexibility index (Phi) is 23.2. The predicted molar refractivity (Wildman–Crippen MR) is 199 cm³/mol. The molecule has 1 fully saturated rings. The summed E-state index contributed by atoms with van der Waals surface area (Å²) < 4.78 is 0. The molecule has 1 aromatic heterocycles. The molecule has 7 nitrogen and oxygen atoms in total. The molecule has 2 N–H and O–H groups in total. The number of hydrogen-bond acceptors (Lipinski definition) is 5. The van der Waals surface area contributed by atoms with Gasteiger partial charge in [-0.25, -0.2) is 0 Å². The highest BCUT2D eigenvalue weighted by Gasteiger charge is 2.11. The van der Waals surface area contributed by atoms with Crippen molar-refractivity contribution >= 4 is 17.9 Å². The van der Waals surface area contributed by atoms with E-state index in [9.17, 15) is 9.59 Å². The van der Waals surface area contributed by atoms with Gasteiger partial charge in [0.1, 0.15) is 0 Å². The van der Waals surface area contributed by atoms with Crippen LogP contribution in [0.3, 0.4) is 0 Å². The topological polar surface area (TPSA) is 77.6 Å². The molecule has 1 aliphatic heterocycles. The maximum atomic E-state index is 12.2. The van der Waals surface area contributed by atoms with Gasteiger partial charge < -0.3 is 20.4 Å². The minimum atomic E-state index is 0.00524. The number of pyridine rings is 1. The molecule has 258 valence electrons. The maximum Gasteiger partial charge on any atom is 0.223 e. The van der Waals surface area contributed by atoms with E-state index in [1.54, 1.807) is 0 Å². The van der Waals surface area contributed by atoms with Crippen LogP contribution in [0.5, 0.6) is 0 Å². The third-order valence-corrected chi connectivity index (χ3v) is 7.91. The predicted octanol–water partition coefficient (Wildman–Crippen LogP) is 7.21. The molecule has 0 spiro atoms. The van der Waals surface area contributed by atoms with E-state index in [1.807, 2.05) is 25.4 Å². The van der Waals surface area contributed by atoms with E-state index >= 15 is 0 Å². The van der Waals surface area contributed by atoms with Crippen molar-refractivity contribution in [1.29, 1.82) is 0 Å². The van der Waals surface area contributed by atoms with Gasteiger partial charge in [0.2, 0.25) is 11.8 Å². The Morgan fingerprint density at radius 2 is 1.40 bits per heavy atom. The smallest absolute Gasteiger partial charge is 0.223 e. The van der Waals surface area contributed by atoms with Gasteiger partial charge in [0.15, 0.2) is 0 Å². The van der Waals surface area contributed by atoms with Crippen LogP contribution in [0.1, 0.15) is 88.8 Å². The van der Waals surface area contributed by atoms with Crippen molar-refractivity contribution in [1.82, 2.24) is 25.4 Å². The highest BCUT2D eigenvalue weighted by molar-refractivity contribution is 5.78. The number of nitrogens with one attached hydrogen (secondary N) is 2. The number of likely N-dealkylation sites (N-methyl/N-ethyl adjacent to an activating group) is 1. The molecule has 1 aromatic rings. The summed E-state index contributed by atoms with van der Waals surface area (Å²) in [5, 5.41) is 5.97. The SMILES string of the molecule is CCC=CCC=CCC=CCC=CCC=CCCCC(=O)NCCN(C)CCNC(=O)C/C=C/c1ccc(CCN2CCCC2)nc1. The maximum absolute atomic E-state index is 12.2. The number of amides is 2. The van der Waals surface area contributed by atoms with Crippen molar-refractivity contribution in [2.24, 2.45) is 0 Å². The number of likely N-dealkylation sites (tertiary alicyclic amines) is 1. The van der Waals surface area contributed by atoms with Gasteiger partial charge in [-0.1, -0.05) is 85.9 Å². The highest BCUT2D eigenvalue weighted by Crippen LogP contribution is 2.09. The molecule has 2 heterocycles. The van der Waals surface area contributed by atoms with Crippen molar-refractivity contribution in [3.05, 3.63) is 96.4 Å². The van der Waals surface area contributed by atoms with Crippen LogP contribution >= 0.6 is 0 Å². The van der Waals surface area contributed by atoms with Crippen LogP contribution in [0.4, 0.5) is 0 Å². The summed E-state index contributed by atoms with van der Waals surface area (Å²) in [5.74, 6) is 0.100. The van der Waals surface area contributed by atoms with Crippen LogP contribution in [-0.4, -0.2) is 79.5 Å². The average molecular weight is 644 g/mol. The van der Waals surface area contributed by atoms with Crippen LogP contribution < -0.4 is 10.6 Å². The van der Waals surface area contributed by atoms with E-state index in [2.05, 4.69) is 105 Å². The first kappa shape index (κ1) is 39.6. The van der Waals surface area contributed by atoms with E-state index in [1.165, 1.54) is 25.9 Å². The Bertz CT molecular complexity index is 1140. The van der Waals surface area contributed by atoms with Gasteiger partial charge in [-0.05, 0) is 89.6 Å². The number of nitrogens with zero attached hydrogens (tertiary/aromatic N) is 3. The van der Waals surface area contributed by atoms with E-state index in [-0.39, 0.29) is 11.8 Å². The first-order valence-corrected chi connectivity index (χ1v) is 17.9. The molecule has 7 heteroatoms. The van der Waals surface area contributed by atoms with Crippen LogP contribution in [-0.2, 0) is 16.0 Å². The summed E-state index contributed by atoms with van der Waals surface area (Å²) in [6.45, 7) is 8.33. The van der Waals surface area contributed by atoms with Gasteiger partial charge in [-0.15, -0.1) is 0 Å². The van der Waals surface area contributed by atoms with Crippen molar-refractivity contribution in [3.8, 4) is 0 Å². The van der Waals surface area contributed by atoms with Gasteiger partial charge in [0.25, 0.3) is 0 Å². The molecule has 2 amide bonds. The molecule has 1 saturated heterocycles. The second-order valence-corrected chi connectivity index (χ2v) is 12.1. The number of rotatable bonds is 25. The summed E-state index contributed by atoms with van der Waals surface area (Å²) in [4.78, 5) is 33.5. The third-order valence-electron chi connectivity index (χ3n) is 7.91. The Labute approximate surface area is 285 Å². The Morgan fingerprint density at radius 3 is 2.00 bits per heavy atom. The first-order valence-electron chi connectivity index (χ1n) is 17.9. The van der Waals surface area contributed by atoms with E-state index in [4.69, 9.17) is 0 Å². The summed E-state index contributed by atoms with van der Waals surface area (Å²) >= 11 is 0. The fourth-order valence-corrected chi connectivity index (χ4v) is 5.06. The molecule has 0 atom stereocenters. The summed E-state index contributed by atoms with van der Waals surface area (Å²) in [5.41, 5.74) is 2.13. The second-order valence-electron chi connectivity index (χ2n) is 12.1. The molecule has 47 heavy (non-hydrogen) atoms. The molecule has 0 aliphatic carbocycles. The van der Waals surface area contributed by atoms with Crippen LogP contribution in [0.25, 0.3) is 6.08 Å². The number of unbranched alkanes of at least 4 members (excludes halogenated alkanes) is 1. The lowest BCUT2D eigenvalue weighted by molar-refractivity contribution is -0.121. The Morgan fingerprint density at radius 1 is 0.809 bits per heavy atom. The number of allylic oxidation sites excluding steroid dienone is 10. The van der Waals surface area contributed by atoms with Gasteiger partial charge in [0.05, 0.1) is 0 Å². The van der Waals surface area contributed by atoms with E-state index in [0.29, 0.717) is 25.9 Å². The quantitative estimate of drug-likeness (QED) is 0.0870. The van der Waals surface area contributed by atoms with Gasteiger partial charge in [-0.2, -0.15) is 0 Å². The zero-order valence-electron chi connectivity index (χ0n) is 29.3. The first-order chi connectivity index (χ1) is 23.1. The third kappa shape index (κ3) is 22.6. The number of carbonyl (C=O) groups is 2. The minimum Gasteiger partial charge on any atom is -0.355 e. The van der Waals surface area contributed by atoms with Crippen LogP contribution in [0.15, 0.2) is 85.2 Å². The van der Waals surface area contributed by atoms with Crippen molar-refractivity contribution in [2.45, 2.75) is 84.0 Å². The molecule has 0 aromatic carbocycles. The molecular formula is C40H61N5O2. The van der Waals surface area contributed by atoms with Gasteiger partial charge >= 0.3 is 0 Å². The molecule has 2 rings (SSSR count). The molecule has 0 saturated carbocycles. The molecule has 1 aliphatic rings. The highest BCUT2D eigenvalue weighted by atomic mass is 16.2. The van der Waals surface area contributed by atoms with Gasteiger partial charge in [0, 0.05) is 63.9 Å². The van der Waals surface area contributed by atoms with Crippen molar-refractivity contribution in [3.63, 3.8) is 0 Å². The monoisotopic (exact) mass is 643 g/mol. The second kappa shape index (κ2) is 27.6. The zero-order valence-corrected chi connectivity index (χ0v) is 29.3. The average Bonchev–Trinajstić information content (AvgIpc) is 3.60. The normalized spacial score (nSPS) is 14.4. The minimum absolute atomic E-state index is 0.00524. The van der Waals surface area contributed by atoms with Gasteiger partial charge in [-0.3, -0.25) is 14.6 Å². The summed E-state index contributed by atoms with van der Waals surface area (Å²) in [7, 11) is 2.00. The Balaban J connectivity index is 1.40. The molecular weight excluding hydrogens is 582 g/mol. The number of carbonyl (C=O) groups excluding carboxylic acids is 2. The largest absolute Gasteiger partial charge is 0.355 e. The van der Waals surface area contributed by atoms with Crippen molar-refractivity contribution < 1.29 is 9.59 Å². The number of hydrogen-bond donors (Lipinski definition) is 2. The Hall–Kier alpha value is -3.55. The van der Waals surface area contributed by atoms with E-state index in [0.717, 1.165) is 82.3 Å². The lowest BCUT2D eigenvalue weighted by atomic mass is 10.2. The fourth-order valence-electron chi connectivity index (χ4n) is 5.06.